The average molecular weight is 362 g/mol. The Balaban J connectivity index is 3.04. The standard InChI is InChI=1S/C19H27NO2SSi/c1-6-7-8-9-15-20(16-10-17-24(3,4)5)23(21,22)19-13-11-18(2)12-14-19/h6-8,11-14H,1,9,15-16H2,2-5H3/b8-7+. The summed E-state index contributed by atoms with van der Waals surface area (Å²) in [4.78, 5) is 0.315. The summed E-state index contributed by atoms with van der Waals surface area (Å²) >= 11 is 0. The summed E-state index contributed by atoms with van der Waals surface area (Å²) in [6.07, 6.45) is 6.05. The second-order valence-electron chi connectivity index (χ2n) is 6.66. The van der Waals surface area contributed by atoms with Crippen LogP contribution in [0.15, 0.2) is 54.0 Å². The molecule has 0 unspecified atom stereocenters. The fraction of sp³-hybridized carbons (Fsp3) is 0.368. The summed E-state index contributed by atoms with van der Waals surface area (Å²) in [7, 11) is -5.06. The normalized spacial score (nSPS) is 12.2. The molecule has 0 heterocycles. The van der Waals surface area contributed by atoms with Gasteiger partial charge in [0.25, 0.3) is 0 Å². The lowest BCUT2D eigenvalue weighted by molar-refractivity contribution is 0.452. The zero-order valence-electron chi connectivity index (χ0n) is 15.0. The van der Waals surface area contributed by atoms with Gasteiger partial charge < -0.3 is 0 Å². The molecular weight excluding hydrogens is 334 g/mol. The molecule has 0 N–H and O–H groups in total. The van der Waals surface area contributed by atoms with Gasteiger partial charge in [0.1, 0.15) is 8.07 Å². The fourth-order valence-electron chi connectivity index (χ4n) is 1.95. The van der Waals surface area contributed by atoms with E-state index in [-0.39, 0.29) is 6.54 Å². The smallest absolute Gasteiger partial charge is 0.207 e. The maximum absolute atomic E-state index is 12.9. The predicted octanol–water partition coefficient (Wildman–Crippen LogP) is 4.00. The molecule has 0 spiro atoms. The summed E-state index contributed by atoms with van der Waals surface area (Å²) in [5.41, 5.74) is 4.27. The van der Waals surface area contributed by atoms with E-state index in [4.69, 9.17) is 0 Å². The van der Waals surface area contributed by atoms with Gasteiger partial charge in [0.15, 0.2) is 0 Å². The van der Waals surface area contributed by atoms with Crippen LogP contribution in [0.3, 0.4) is 0 Å². The van der Waals surface area contributed by atoms with E-state index in [9.17, 15) is 8.42 Å². The molecule has 0 saturated heterocycles. The molecule has 0 amide bonds. The highest BCUT2D eigenvalue weighted by Crippen LogP contribution is 2.16. The van der Waals surface area contributed by atoms with Gasteiger partial charge in [-0.05, 0) is 25.5 Å². The Hall–Kier alpha value is -1.61. The van der Waals surface area contributed by atoms with Crippen LogP contribution in [0.5, 0.6) is 0 Å². The zero-order chi connectivity index (χ0) is 18.2. The monoisotopic (exact) mass is 361 g/mol. The van der Waals surface area contributed by atoms with Crippen molar-refractivity contribution in [2.75, 3.05) is 13.1 Å². The summed E-state index contributed by atoms with van der Waals surface area (Å²) in [6.45, 7) is 12.6. The molecule has 24 heavy (non-hydrogen) atoms. The molecule has 0 saturated carbocycles. The van der Waals surface area contributed by atoms with Crippen molar-refractivity contribution in [3.63, 3.8) is 0 Å². The predicted molar refractivity (Wildman–Crippen MR) is 105 cm³/mol. The maximum atomic E-state index is 12.9. The highest BCUT2D eigenvalue weighted by Gasteiger charge is 2.23. The molecular formula is C19H27NO2SSi. The molecule has 0 aliphatic heterocycles. The van der Waals surface area contributed by atoms with Gasteiger partial charge >= 0.3 is 0 Å². The van der Waals surface area contributed by atoms with Gasteiger partial charge in [0.2, 0.25) is 10.0 Å². The topological polar surface area (TPSA) is 37.4 Å². The van der Waals surface area contributed by atoms with E-state index in [1.54, 1.807) is 18.2 Å². The third kappa shape index (κ3) is 6.87. The van der Waals surface area contributed by atoms with Gasteiger partial charge in [-0.15, -0.1) is 5.54 Å². The molecule has 0 atom stereocenters. The van der Waals surface area contributed by atoms with Crippen LogP contribution in [-0.2, 0) is 10.0 Å². The number of rotatable bonds is 7. The van der Waals surface area contributed by atoms with Crippen molar-refractivity contribution in [3.05, 3.63) is 54.6 Å². The van der Waals surface area contributed by atoms with Crippen LogP contribution < -0.4 is 0 Å². The minimum Gasteiger partial charge on any atom is -0.207 e. The molecule has 0 aliphatic rings. The van der Waals surface area contributed by atoms with Crippen LogP contribution in [0.25, 0.3) is 0 Å². The number of benzene rings is 1. The maximum Gasteiger partial charge on any atom is 0.243 e. The lowest BCUT2D eigenvalue weighted by atomic mass is 10.2. The van der Waals surface area contributed by atoms with E-state index in [0.29, 0.717) is 17.9 Å². The summed E-state index contributed by atoms with van der Waals surface area (Å²) in [6, 6.07) is 6.94. The van der Waals surface area contributed by atoms with Crippen molar-refractivity contribution in [1.29, 1.82) is 0 Å². The van der Waals surface area contributed by atoms with Crippen LogP contribution in [0.4, 0.5) is 0 Å². The molecule has 0 fully saturated rings. The zero-order valence-corrected chi connectivity index (χ0v) is 16.9. The van der Waals surface area contributed by atoms with E-state index in [1.165, 1.54) is 4.31 Å². The molecule has 0 aromatic heterocycles. The molecule has 3 nitrogen and oxygen atoms in total. The Labute approximate surface area is 148 Å². The first-order valence-electron chi connectivity index (χ1n) is 8.01. The molecule has 0 bridgehead atoms. The van der Waals surface area contributed by atoms with Crippen molar-refractivity contribution in [3.8, 4) is 11.5 Å². The summed E-state index contributed by atoms with van der Waals surface area (Å²) in [5.74, 6) is 3.07. The van der Waals surface area contributed by atoms with Gasteiger partial charge in [-0.1, -0.05) is 68.1 Å². The molecule has 0 aliphatic carbocycles. The second-order valence-corrected chi connectivity index (χ2v) is 13.3. The Morgan fingerprint density at radius 2 is 1.83 bits per heavy atom. The molecule has 130 valence electrons. The van der Waals surface area contributed by atoms with Crippen molar-refractivity contribution < 1.29 is 8.42 Å². The van der Waals surface area contributed by atoms with Gasteiger partial charge in [0, 0.05) is 6.54 Å². The van der Waals surface area contributed by atoms with Crippen molar-refractivity contribution in [2.24, 2.45) is 0 Å². The molecule has 5 heteroatoms. The van der Waals surface area contributed by atoms with Crippen LogP contribution in [-0.4, -0.2) is 33.9 Å². The largest absolute Gasteiger partial charge is 0.243 e. The first-order chi connectivity index (χ1) is 11.2. The Bertz CT molecular complexity index is 732. The van der Waals surface area contributed by atoms with E-state index in [1.807, 2.05) is 31.2 Å². The number of aryl methyl sites for hydroxylation is 1. The van der Waals surface area contributed by atoms with Gasteiger partial charge in [-0.3, -0.25) is 0 Å². The van der Waals surface area contributed by atoms with Gasteiger partial charge in [-0.25, -0.2) is 8.42 Å². The van der Waals surface area contributed by atoms with Crippen LogP contribution in [0, 0.1) is 18.4 Å². The van der Waals surface area contributed by atoms with Crippen LogP contribution in [0.2, 0.25) is 19.6 Å². The average Bonchev–Trinajstić information content (AvgIpc) is 2.49. The summed E-state index contributed by atoms with van der Waals surface area (Å²) < 4.78 is 27.2. The molecule has 1 aromatic rings. The Kier molecular flexibility index (Phi) is 7.68. The number of hydrogen-bond donors (Lipinski definition) is 0. The van der Waals surface area contributed by atoms with E-state index in [2.05, 4.69) is 37.7 Å². The lowest BCUT2D eigenvalue weighted by Crippen LogP contribution is -2.32. The third-order valence-electron chi connectivity index (χ3n) is 3.19. The number of nitrogens with zero attached hydrogens (tertiary/aromatic N) is 1. The first kappa shape index (κ1) is 20.4. The minimum atomic E-state index is -3.54. The SMILES string of the molecule is C=C/C=C/CCN(CC#C[Si](C)(C)C)S(=O)(=O)c1ccc(C)cc1. The second kappa shape index (κ2) is 9.02. The van der Waals surface area contributed by atoms with Gasteiger partial charge in [-0.2, -0.15) is 4.31 Å². The molecule has 0 radical (unpaired) electrons. The Morgan fingerprint density at radius 1 is 1.21 bits per heavy atom. The minimum absolute atomic E-state index is 0.225. The van der Waals surface area contributed by atoms with E-state index < -0.39 is 18.1 Å². The van der Waals surface area contributed by atoms with Crippen molar-refractivity contribution in [2.45, 2.75) is 37.9 Å². The molecule has 1 aromatic carbocycles. The Morgan fingerprint density at radius 3 is 2.38 bits per heavy atom. The lowest BCUT2D eigenvalue weighted by Gasteiger charge is -2.19. The highest BCUT2D eigenvalue weighted by molar-refractivity contribution is 7.89. The number of sulfonamides is 1. The summed E-state index contributed by atoms with van der Waals surface area (Å²) in [5, 5.41) is 0. The van der Waals surface area contributed by atoms with E-state index in [0.717, 1.165) is 5.56 Å². The van der Waals surface area contributed by atoms with Crippen LogP contribution >= 0.6 is 0 Å². The first-order valence-corrected chi connectivity index (χ1v) is 13.0. The van der Waals surface area contributed by atoms with Crippen LogP contribution in [0.1, 0.15) is 12.0 Å². The fourth-order valence-corrected chi connectivity index (χ4v) is 3.92. The third-order valence-corrected chi connectivity index (χ3v) is 5.98. The van der Waals surface area contributed by atoms with Gasteiger partial charge in [0.05, 0.1) is 11.4 Å². The van der Waals surface area contributed by atoms with Crippen molar-refractivity contribution in [1.82, 2.24) is 4.31 Å². The molecule has 1 rings (SSSR count). The number of hydrogen-bond acceptors (Lipinski definition) is 2. The quantitative estimate of drug-likeness (QED) is 0.418. The van der Waals surface area contributed by atoms with Crippen molar-refractivity contribution >= 4 is 18.1 Å². The highest BCUT2D eigenvalue weighted by atomic mass is 32.2. The van der Waals surface area contributed by atoms with E-state index >= 15 is 0 Å². The number of allylic oxidation sites excluding steroid dienone is 2.